The molecule has 1 rings (SSSR count). The molecule has 0 spiro atoms. The van der Waals surface area contributed by atoms with Gasteiger partial charge in [0, 0.05) is 13.5 Å². The zero-order valence-electron chi connectivity index (χ0n) is 6.52. The van der Waals surface area contributed by atoms with E-state index in [9.17, 15) is 0 Å². The predicted octanol–water partition coefficient (Wildman–Crippen LogP) is 2.29. The van der Waals surface area contributed by atoms with Gasteiger partial charge in [0.05, 0.1) is 6.10 Å². The summed E-state index contributed by atoms with van der Waals surface area (Å²) in [5.74, 6) is 0. The van der Waals surface area contributed by atoms with Crippen molar-refractivity contribution in [1.29, 1.82) is 0 Å². The van der Waals surface area contributed by atoms with E-state index in [1.807, 2.05) is 0 Å². The molecule has 1 unspecified atom stereocenters. The van der Waals surface area contributed by atoms with Crippen molar-refractivity contribution in [2.75, 3.05) is 7.11 Å². The predicted molar refractivity (Wildman–Crippen MR) is 41.9 cm³/mol. The zero-order valence-corrected chi connectivity index (χ0v) is 6.52. The van der Waals surface area contributed by atoms with E-state index in [0.717, 1.165) is 6.42 Å². The number of hydrogen-bond acceptors (Lipinski definition) is 1. The maximum absolute atomic E-state index is 5.23. The fourth-order valence-electron chi connectivity index (χ4n) is 1.38. The first-order valence-corrected chi connectivity index (χ1v) is 3.77. The van der Waals surface area contributed by atoms with Crippen LogP contribution in [0.15, 0.2) is 17.9 Å². The monoisotopic (exact) mass is 138 g/mol. The molecule has 56 valence electrons. The van der Waals surface area contributed by atoms with Crippen molar-refractivity contribution in [2.24, 2.45) is 0 Å². The third-order valence-electron chi connectivity index (χ3n) is 2.06. The fraction of sp³-hybridized carbons (Fsp3) is 0.667. The normalized spacial score (nSPS) is 26.1. The Morgan fingerprint density at radius 3 is 3.10 bits per heavy atom. The highest BCUT2D eigenvalue weighted by Gasteiger charge is 2.15. The highest BCUT2D eigenvalue weighted by Crippen LogP contribution is 2.23. The summed E-state index contributed by atoms with van der Waals surface area (Å²) in [5, 5.41) is 0. The lowest BCUT2D eigenvalue weighted by atomic mass is 9.93. The van der Waals surface area contributed by atoms with Crippen molar-refractivity contribution in [3.63, 3.8) is 0 Å². The van der Waals surface area contributed by atoms with Gasteiger partial charge in [0.25, 0.3) is 0 Å². The maximum Gasteiger partial charge on any atom is 0.0614 e. The Morgan fingerprint density at radius 2 is 2.50 bits per heavy atom. The third kappa shape index (κ3) is 1.73. The second-order valence-corrected chi connectivity index (χ2v) is 2.73. The van der Waals surface area contributed by atoms with Crippen molar-refractivity contribution < 1.29 is 4.74 Å². The molecule has 0 saturated heterocycles. The largest absolute Gasteiger partial charge is 0.381 e. The number of hydrogen-bond donors (Lipinski definition) is 0. The summed E-state index contributed by atoms with van der Waals surface area (Å²) in [6.45, 7) is 3.64. The van der Waals surface area contributed by atoms with Gasteiger partial charge in [0.15, 0.2) is 0 Å². The number of ether oxygens (including phenoxy) is 1. The molecule has 0 aromatic rings. The second kappa shape index (κ2) is 3.60. The lowest BCUT2D eigenvalue weighted by molar-refractivity contribution is 0.0850. The van der Waals surface area contributed by atoms with E-state index in [4.69, 9.17) is 4.74 Å². The van der Waals surface area contributed by atoms with E-state index < -0.39 is 0 Å². The molecule has 10 heavy (non-hydrogen) atoms. The SMILES string of the molecule is C=C=C1CCCC(OC)C1. The Bertz CT molecular complexity index is 154. The van der Waals surface area contributed by atoms with Crippen LogP contribution in [-0.4, -0.2) is 13.2 Å². The standard InChI is InChI=1S/C9H14O/c1-3-8-5-4-6-9(7-8)10-2/h9H,1,4-7H2,2H3. The van der Waals surface area contributed by atoms with Crippen LogP contribution in [0.4, 0.5) is 0 Å². The fourth-order valence-corrected chi connectivity index (χ4v) is 1.38. The summed E-state index contributed by atoms with van der Waals surface area (Å²) in [6, 6.07) is 0. The van der Waals surface area contributed by atoms with Gasteiger partial charge in [-0.2, -0.15) is 0 Å². The van der Waals surface area contributed by atoms with Crippen molar-refractivity contribution >= 4 is 0 Å². The Kier molecular flexibility index (Phi) is 2.73. The molecule has 0 aliphatic heterocycles. The van der Waals surface area contributed by atoms with Crippen LogP contribution in [0.1, 0.15) is 25.7 Å². The van der Waals surface area contributed by atoms with E-state index in [1.165, 1.54) is 24.8 Å². The van der Waals surface area contributed by atoms with Crippen LogP contribution in [0, 0.1) is 0 Å². The first-order chi connectivity index (χ1) is 4.86. The van der Waals surface area contributed by atoms with Gasteiger partial charge in [-0.25, -0.2) is 0 Å². The highest BCUT2D eigenvalue weighted by atomic mass is 16.5. The van der Waals surface area contributed by atoms with Gasteiger partial charge in [-0.3, -0.25) is 0 Å². The van der Waals surface area contributed by atoms with Crippen LogP contribution in [-0.2, 0) is 4.74 Å². The van der Waals surface area contributed by atoms with E-state index in [0.29, 0.717) is 6.10 Å². The minimum absolute atomic E-state index is 0.429. The Hall–Kier alpha value is -0.520. The molecule has 0 bridgehead atoms. The summed E-state index contributed by atoms with van der Waals surface area (Å²) in [4.78, 5) is 0. The maximum atomic E-state index is 5.23. The quantitative estimate of drug-likeness (QED) is 0.505. The summed E-state index contributed by atoms with van der Waals surface area (Å²) in [5.41, 5.74) is 4.29. The highest BCUT2D eigenvalue weighted by molar-refractivity contribution is 5.03. The topological polar surface area (TPSA) is 9.23 Å². The average Bonchev–Trinajstić information content (AvgIpc) is 2.05. The molecule has 0 amide bonds. The molecule has 1 saturated carbocycles. The average molecular weight is 138 g/mol. The van der Waals surface area contributed by atoms with Crippen LogP contribution in [0.3, 0.4) is 0 Å². The van der Waals surface area contributed by atoms with Crippen LogP contribution in [0.5, 0.6) is 0 Å². The first-order valence-electron chi connectivity index (χ1n) is 3.77. The van der Waals surface area contributed by atoms with E-state index in [-0.39, 0.29) is 0 Å². The van der Waals surface area contributed by atoms with Gasteiger partial charge in [0.2, 0.25) is 0 Å². The van der Waals surface area contributed by atoms with Gasteiger partial charge in [-0.1, -0.05) is 6.58 Å². The molecule has 1 heteroatoms. The molecule has 0 aromatic carbocycles. The van der Waals surface area contributed by atoms with E-state index in [1.54, 1.807) is 7.11 Å². The Morgan fingerprint density at radius 1 is 1.70 bits per heavy atom. The lowest BCUT2D eigenvalue weighted by Crippen LogP contribution is -2.15. The van der Waals surface area contributed by atoms with Crippen molar-refractivity contribution in [1.82, 2.24) is 0 Å². The van der Waals surface area contributed by atoms with Crippen molar-refractivity contribution in [3.05, 3.63) is 17.9 Å². The molecule has 1 nitrogen and oxygen atoms in total. The van der Waals surface area contributed by atoms with Gasteiger partial charge in [-0.15, -0.1) is 5.73 Å². The lowest BCUT2D eigenvalue weighted by Gasteiger charge is -2.21. The summed E-state index contributed by atoms with van der Waals surface area (Å²) < 4.78 is 5.23. The molecule has 0 aromatic heterocycles. The first kappa shape index (κ1) is 7.59. The summed E-state index contributed by atoms with van der Waals surface area (Å²) >= 11 is 0. The molecular weight excluding hydrogens is 124 g/mol. The van der Waals surface area contributed by atoms with Crippen LogP contribution < -0.4 is 0 Å². The second-order valence-electron chi connectivity index (χ2n) is 2.73. The minimum Gasteiger partial charge on any atom is -0.381 e. The van der Waals surface area contributed by atoms with E-state index >= 15 is 0 Å². The Balaban J connectivity index is 2.47. The molecule has 0 N–H and O–H groups in total. The molecular formula is C9H14O. The molecule has 1 atom stereocenters. The third-order valence-corrected chi connectivity index (χ3v) is 2.06. The van der Waals surface area contributed by atoms with E-state index in [2.05, 4.69) is 12.3 Å². The zero-order chi connectivity index (χ0) is 7.40. The number of rotatable bonds is 1. The van der Waals surface area contributed by atoms with Crippen LogP contribution in [0.2, 0.25) is 0 Å². The molecule has 0 radical (unpaired) electrons. The van der Waals surface area contributed by atoms with Crippen LogP contribution >= 0.6 is 0 Å². The van der Waals surface area contributed by atoms with Crippen molar-refractivity contribution in [3.8, 4) is 0 Å². The van der Waals surface area contributed by atoms with Crippen molar-refractivity contribution in [2.45, 2.75) is 31.8 Å². The van der Waals surface area contributed by atoms with Gasteiger partial charge in [-0.05, 0) is 24.8 Å². The van der Waals surface area contributed by atoms with Gasteiger partial charge in [0.1, 0.15) is 0 Å². The Labute approximate surface area is 62.4 Å². The number of methoxy groups -OCH3 is 1. The summed E-state index contributed by atoms with van der Waals surface area (Å²) in [6.07, 6.45) is 5.07. The minimum atomic E-state index is 0.429. The molecule has 1 aliphatic carbocycles. The smallest absolute Gasteiger partial charge is 0.0614 e. The van der Waals surface area contributed by atoms with Gasteiger partial charge < -0.3 is 4.74 Å². The van der Waals surface area contributed by atoms with Crippen LogP contribution in [0.25, 0.3) is 0 Å². The molecule has 1 fully saturated rings. The van der Waals surface area contributed by atoms with Gasteiger partial charge >= 0.3 is 0 Å². The molecule has 1 aliphatic rings. The summed E-state index contributed by atoms with van der Waals surface area (Å²) in [7, 11) is 1.77. The molecule has 0 heterocycles.